The van der Waals surface area contributed by atoms with Gasteiger partial charge >= 0.3 is 0 Å². The van der Waals surface area contributed by atoms with Gasteiger partial charge in [-0.3, -0.25) is 0 Å². The Morgan fingerprint density at radius 2 is 1.48 bits per heavy atom. The van der Waals surface area contributed by atoms with Crippen molar-refractivity contribution in [3.63, 3.8) is 0 Å². The van der Waals surface area contributed by atoms with E-state index in [1.165, 1.54) is 36.8 Å². The Morgan fingerprint density at radius 1 is 0.926 bits per heavy atom. The maximum Gasteiger partial charge on any atom is 0.177 e. The van der Waals surface area contributed by atoms with E-state index in [4.69, 9.17) is 5.26 Å². The molecule has 0 aromatic heterocycles. The molecule has 0 saturated heterocycles. The SMILES string of the molecule is CCC1CCC(c2ccc(-c3c(F)c(F)c(SC#N)c(F)c3F)cc2)CC1. The second-order valence-corrected chi connectivity index (χ2v) is 7.70. The summed E-state index contributed by atoms with van der Waals surface area (Å²) in [6.45, 7) is 2.20. The van der Waals surface area contributed by atoms with Crippen LogP contribution in [0.1, 0.15) is 50.5 Å². The van der Waals surface area contributed by atoms with Crippen LogP contribution in [0.2, 0.25) is 0 Å². The standard InChI is InChI=1S/C21H19F4NS/c1-2-12-3-5-13(6-4-12)14-7-9-15(10-8-14)16-17(22)19(24)21(27-11-26)20(25)18(16)23/h7-10,12-13H,2-6H2,1H3. The van der Waals surface area contributed by atoms with E-state index in [0.29, 0.717) is 5.92 Å². The Bertz CT molecular complexity index is 836. The molecule has 0 aliphatic heterocycles. The first-order valence-corrected chi connectivity index (χ1v) is 9.81. The average molecular weight is 393 g/mol. The quantitative estimate of drug-likeness (QED) is 0.238. The third kappa shape index (κ3) is 3.84. The summed E-state index contributed by atoms with van der Waals surface area (Å²) in [5.41, 5.74) is 0.405. The molecule has 1 nitrogen and oxygen atoms in total. The molecule has 0 spiro atoms. The molecule has 0 bridgehead atoms. The Morgan fingerprint density at radius 3 is 1.96 bits per heavy atom. The normalized spacial score (nSPS) is 19.7. The molecule has 0 heterocycles. The molecule has 27 heavy (non-hydrogen) atoms. The fourth-order valence-corrected chi connectivity index (χ4v) is 4.28. The van der Waals surface area contributed by atoms with Gasteiger partial charge in [0.1, 0.15) is 5.40 Å². The minimum Gasteiger partial charge on any atom is -0.203 e. The molecular formula is C21H19F4NS. The van der Waals surface area contributed by atoms with E-state index >= 15 is 0 Å². The number of nitrogens with zero attached hydrogens (tertiary/aromatic N) is 1. The maximum absolute atomic E-state index is 14.3. The zero-order valence-corrected chi connectivity index (χ0v) is 15.7. The predicted molar refractivity (Wildman–Crippen MR) is 98.2 cm³/mol. The lowest BCUT2D eigenvalue weighted by Crippen LogP contribution is -2.12. The van der Waals surface area contributed by atoms with Crippen molar-refractivity contribution in [2.45, 2.75) is 49.8 Å². The van der Waals surface area contributed by atoms with Gasteiger partial charge < -0.3 is 0 Å². The summed E-state index contributed by atoms with van der Waals surface area (Å²) in [7, 11) is 0. The van der Waals surface area contributed by atoms with Gasteiger partial charge in [-0.25, -0.2) is 17.6 Å². The zero-order valence-electron chi connectivity index (χ0n) is 14.9. The van der Waals surface area contributed by atoms with E-state index in [1.807, 2.05) is 0 Å². The van der Waals surface area contributed by atoms with Gasteiger partial charge in [0.25, 0.3) is 0 Å². The van der Waals surface area contributed by atoms with Crippen LogP contribution in [-0.4, -0.2) is 0 Å². The second kappa shape index (κ2) is 8.35. The van der Waals surface area contributed by atoms with Crippen LogP contribution in [0.5, 0.6) is 0 Å². The van der Waals surface area contributed by atoms with Gasteiger partial charge in [-0.15, -0.1) is 0 Å². The lowest BCUT2D eigenvalue weighted by molar-refractivity contribution is 0.319. The molecule has 0 N–H and O–H groups in total. The van der Waals surface area contributed by atoms with Crippen LogP contribution in [0, 0.1) is 39.8 Å². The summed E-state index contributed by atoms with van der Waals surface area (Å²) in [6, 6.07) is 6.55. The molecule has 0 amide bonds. The van der Waals surface area contributed by atoms with Crippen molar-refractivity contribution < 1.29 is 17.6 Å². The molecule has 1 fully saturated rings. The van der Waals surface area contributed by atoms with E-state index in [1.54, 1.807) is 12.1 Å². The molecule has 6 heteroatoms. The Kier molecular flexibility index (Phi) is 6.11. The number of hydrogen-bond donors (Lipinski definition) is 0. The predicted octanol–water partition coefficient (Wildman–Crippen LogP) is 7.17. The molecule has 3 rings (SSSR count). The van der Waals surface area contributed by atoms with E-state index in [0.717, 1.165) is 24.3 Å². The summed E-state index contributed by atoms with van der Waals surface area (Å²) in [5.74, 6) is -4.89. The van der Waals surface area contributed by atoms with Gasteiger partial charge in [0.05, 0.1) is 10.5 Å². The molecule has 142 valence electrons. The van der Waals surface area contributed by atoms with Crippen molar-refractivity contribution in [3.8, 4) is 16.5 Å². The highest BCUT2D eigenvalue weighted by Gasteiger charge is 2.27. The van der Waals surface area contributed by atoms with Gasteiger partial charge in [-0.1, -0.05) is 37.6 Å². The van der Waals surface area contributed by atoms with Gasteiger partial charge in [-0.05, 0) is 60.4 Å². The minimum absolute atomic E-state index is 0.0595. The summed E-state index contributed by atoms with van der Waals surface area (Å²) in [4.78, 5) is -0.958. The second-order valence-electron chi connectivity index (χ2n) is 6.90. The molecular weight excluding hydrogens is 374 g/mol. The number of thioether (sulfide) groups is 1. The Labute approximate surface area is 160 Å². The number of thiocyanates is 1. The molecule has 0 radical (unpaired) electrons. The van der Waals surface area contributed by atoms with Crippen molar-refractivity contribution in [1.29, 1.82) is 5.26 Å². The van der Waals surface area contributed by atoms with E-state index in [2.05, 4.69) is 6.92 Å². The zero-order chi connectivity index (χ0) is 19.6. The van der Waals surface area contributed by atoms with Crippen LogP contribution in [-0.2, 0) is 0 Å². The van der Waals surface area contributed by atoms with Crippen molar-refractivity contribution in [2.75, 3.05) is 0 Å². The lowest BCUT2D eigenvalue weighted by Gasteiger charge is -2.28. The first-order chi connectivity index (χ1) is 13.0. The van der Waals surface area contributed by atoms with Gasteiger partial charge in [0.2, 0.25) is 0 Å². The van der Waals surface area contributed by atoms with Crippen molar-refractivity contribution in [1.82, 2.24) is 0 Å². The average Bonchev–Trinajstić information content (AvgIpc) is 2.70. The van der Waals surface area contributed by atoms with Crippen molar-refractivity contribution >= 4 is 11.8 Å². The summed E-state index contributed by atoms with van der Waals surface area (Å²) in [6.07, 6.45) is 5.66. The van der Waals surface area contributed by atoms with Crippen LogP contribution in [0.15, 0.2) is 29.2 Å². The van der Waals surface area contributed by atoms with E-state index < -0.39 is 33.7 Å². The smallest absolute Gasteiger partial charge is 0.177 e. The van der Waals surface area contributed by atoms with Crippen LogP contribution in [0.25, 0.3) is 11.1 Å². The number of halogens is 4. The van der Waals surface area contributed by atoms with Crippen molar-refractivity contribution in [3.05, 3.63) is 53.1 Å². The van der Waals surface area contributed by atoms with Crippen LogP contribution < -0.4 is 0 Å². The van der Waals surface area contributed by atoms with Crippen molar-refractivity contribution in [2.24, 2.45) is 5.92 Å². The topological polar surface area (TPSA) is 23.8 Å². The maximum atomic E-state index is 14.3. The first-order valence-electron chi connectivity index (χ1n) is 9.00. The van der Waals surface area contributed by atoms with Gasteiger partial charge in [-0.2, -0.15) is 5.26 Å². The molecule has 0 unspecified atom stereocenters. The highest BCUT2D eigenvalue weighted by molar-refractivity contribution is 8.03. The summed E-state index contributed by atoms with van der Waals surface area (Å²) < 4.78 is 56.8. The number of nitriles is 1. The third-order valence-corrected chi connectivity index (χ3v) is 6.12. The molecule has 1 saturated carbocycles. The third-order valence-electron chi connectivity index (χ3n) is 5.47. The fourth-order valence-electron chi connectivity index (χ4n) is 3.83. The number of rotatable bonds is 4. The fraction of sp³-hybridized carbons (Fsp3) is 0.381. The lowest BCUT2D eigenvalue weighted by atomic mass is 9.77. The summed E-state index contributed by atoms with van der Waals surface area (Å²) in [5, 5.41) is 9.99. The Hall–Kier alpha value is -2.00. The van der Waals surface area contributed by atoms with Crippen LogP contribution in [0.3, 0.4) is 0 Å². The van der Waals surface area contributed by atoms with Gasteiger partial charge in [0.15, 0.2) is 23.3 Å². The molecule has 2 aromatic carbocycles. The molecule has 2 aromatic rings. The number of benzene rings is 2. The molecule has 0 atom stereocenters. The highest BCUT2D eigenvalue weighted by Crippen LogP contribution is 2.39. The Balaban J connectivity index is 1.91. The molecule has 1 aliphatic carbocycles. The van der Waals surface area contributed by atoms with E-state index in [-0.39, 0.29) is 17.3 Å². The van der Waals surface area contributed by atoms with Crippen LogP contribution in [0.4, 0.5) is 17.6 Å². The van der Waals surface area contributed by atoms with Gasteiger partial charge in [0, 0.05) is 0 Å². The summed E-state index contributed by atoms with van der Waals surface area (Å²) >= 11 is 0.0595. The van der Waals surface area contributed by atoms with Crippen LogP contribution >= 0.6 is 11.8 Å². The minimum atomic E-state index is -1.54. The highest BCUT2D eigenvalue weighted by atomic mass is 32.2. The van der Waals surface area contributed by atoms with E-state index in [9.17, 15) is 17.6 Å². The largest absolute Gasteiger partial charge is 0.203 e. The monoisotopic (exact) mass is 393 g/mol. The first kappa shape index (κ1) is 19.8. The number of hydrogen-bond acceptors (Lipinski definition) is 2. The molecule has 1 aliphatic rings.